The number of rotatable bonds is 6. The fourth-order valence-electron chi connectivity index (χ4n) is 1.06. The van der Waals surface area contributed by atoms with Crippen molar-refractivity contribution in [3.05, 3.63) is 35.9 Å². The Labute approximate surface area is 79.9 Å². The molecule has 2 nitrogen and oxygen atoms in total. The molecule has 1 aromatic carbocycles. The van der Waals surface area contributed by atoms with Gasteiger partial charge in [-0.3, -0.25) is 5.32 Å². The first-order valence-electron chi connectivity index (χ1n) is 4.76. The fraction of sp³-hybridized carbons (Fsp3) is 0.455. The SMILES string of the molecule is CCCNCOCc1ccccc1. The Morgan fingerprint density at radius 3 is 2.69 bits per heavy atom. The van der Waals surface area contributed by atoms with E-state index < -0.39 is 0 Å². The van der Waals surface area contributed by atoms with Crippen molar-refractivity contribution in [2.45, 2.75) is 20.0 Å². The maximum absolute atomic E-state index is 5.41. The van der Waals surface area contributed by atoms with Gasteiger partial charge in [-0.1, -0.05) is 37.3 Å². The van der Waals surface area contributed by atoms with Crippen molar-refractivity contribution in [2.24, 2.45) is 0 Å². The van der Waals surface area contributed by atoms with E-state index in [1.807, 2.05) is 18.2 Å². The van der Waals surface area contributed by atoms with Crippen molar-refractivity contribution < 1.29 is 4.74 Å². The molecule has 0 aliphatic rings. The van der Waals surface area contributed by atoms with Crippen LogP contribution in [0.15, 0.2) is 30.3 Å². The van der Waals surface area contributed by atoms with Crippen molar-refractivity contribution in [2.75, 3.05) is 13.3 Å². The minimum atomic E-state index is 0.642. The molecule has 13 heavy (non-hydrogen) atoms. The molecule has 1 rings (SSSR count). The van der Waals surface area contributed by atoms with Crippen molar-refractivity contribution in [1.82, 2.24) is 5.32 Å². The van der Waals surface area contributed by atoms with Gasteiger partial charge in [-0.05, 0) is 18.5 Å². The molecule has 72 valence electrons. The monoisotopic (exact) mass is 179 g/mol. The number of ether oxygens (including phenoxy) is 1. The molecule has 0 heterocycles. The second-order valence-electron chi connectivity index (χ2n) is 2.98. The lowest BCUT2D eigenvalue weighted by Gasteiger charge is -2.04. The highest BCUT2D eigenvalue weighted by atomic mass is 16.5. The second-order valence-corrected chi connectivity index (χ2v) is 2.98. The summed E-state index contributed by atoms with van der Waals surface area (Å²) in [4.78, 5) is 0. The van der Waals surface area contributed by atoms with E-state index in [9.17, 15) is 0 Å². The molecule has 0 spiro atoms. The zero-order valence-corrected chi connectivity index (χ0v) is 8.12. The van der Waals surface area contributed by atoms with Gasteiger partial charge < -0.3 is 4.74 Å². The lowest BCUT2D eigenvalue weighted by Crippen LogP contribution is -2.18. The van der Waals surface area contributed by atoms with E-state index in [-0.39, 0.29) is 0 Å². The number of hydrogen-bond donors (Lipinski definition) is 1. The van der Waals surface area contributed by atoms with Gasteiger partial charge >= 0.3 is 0 Å². The van der Waals surface area contributed by atoms with Crippen LogP contribution >= 0.6 is 0 Å². The summed E-state index contributed by atoms with van der Waals surface area (Å²) in [6.45, 7) is 4.50. The molecule has 0 saturated heterocycles. The molecule has 0 fully saturated rings. The first kappa shape index (κ1) is 10.2. The van der Waals surface area contributed by atoms with Crippen LogP contribution in [-0.2, 0) is 11.3 Å². The van der Waals surface area contributed by atoms with Crippen LogP contribution in [0.5, 0.6) is 0 Å². The van der Waals surface area contributed by atoms with E-state index in [1.54, 1.807) is 0 Å². The third-order valence-electron chi connectivity index (χ3n) is 1.74. The van der Waals surface area contributed by atoms with Gasteiger partial charge in [-0.25, -0.2) is 0 Å². The van der Waals surface area contributed by atoms with Gasteiger partial charge in [-0.2, -0.15) is 0 Å². The van der Waals surface area contributed by atoms with Gasteiger partial charge in [0.05, 0.1) is 13.3 Å². The zero-order chi connectivity index (χ0) is 9.36. The minimum absolute atomic E-state index is 0.642. The molecule has 0 aliphatic heterocycles. The highest BCUT2D eigenvalue weighted by Crippen LogP contribution is 1.99. The highest BCUT2D eigenvalue weighted by Gasteiger charge is 1.89. The van der Waals surface area contributed by atoms with E-state index in [2.05, 4.69) is 24.4 Å². The summed E-state index contributed by atoms with van der Waals surface area (Å²) in [5, 5.41) is 3.18. The van der Waals surface area contributed by atoms with Gasteiger partial charge in [0.15, 0.2) is 0 Å². The lowest BCUT2D eigenvalue weighted by atomic mass is 10.2. The van der Waals surface area contributed by atoms with Gasteiger partial charge in [0.2, 0.25) is 0 Å². The van der Waals surface area contributed by atoms with E-state index in [0.29, 0.717) is 13.3 Å². The zero-order valence-electron chi connectivity index (χ0n) is 8.12. The van der Waals surface area contributed by atoms with Crippen LogP contribution in [0.2, 0.25) is 0 Å². The second kappa shape index (κ2) is 6.63. The van der Waals surface area contributed by atoms with Crippen molar-refractivity contribution in [3.8, 4) is 0 Å². The number of hydrogen-bond acceptors (Lipinski definition) is 2. The highest BCUT2D eigenvalue weighted by molar-refractivity contribution is 5.13. The molecule has 0 aromatic heterocycles. The quantitative estimate of drug-likeness (QED) is 0.533. The maximum Gasteiger partial charge on any atom is 0.0969 e. The Kier molecular flexibility index (Phi) is 5.22. The Morgan fingerprint density at radius 2 is 2.00 bits per heavy atom. The van der Waals surface area contributed by atoms with Gasteiger partial charge in [-0.15, -0.1) is 0 Å². The average molecular weight is 179 g/mol. The van der Waals surface area contributed by atoms with E-state index in [4.69, 9.17) is 4.74 Å². The lowest BCUT2D eigenvalue weighted by molar-refractivity contribution is 0.104. The van der Waals surface area contributed by atoms with Crippen LogP contribution in [0.25, 0.3) is 0 Å². The Hall–Kier alpha value is -0.860. The molecule has 0 amide bonds. The van der Waals surface area contributed by atoms with Crippen molar-refractivity contribution in [3.63, 3.8) is 0 Å². The first-order chi connectivity index (χ1) is 6.43. The molecule has 0 unspecified atom stereocenters. The van der Waals surface area contributed by atoms with Crippen LogP contribution in [0.3, 0.4) is 0 Å². The summed E-state index contributed by atoms with van der Waals surface area (Å²) in [5.41, 5.74) is 1.22. The topological polar surface area (TPSA) is 21.3 Å². The third-order valence-corrected chi connectivity index (χ3v) is 1.74. The van der Waals surface area contributed by atoms with E-state index in [1.165, 1.54) is 5.56 Å². The van der Waals surface area contributed by atoms with E-state index >= 15 is 0 Å². The molecule has 1 aromatic rings. The summed E-state index contributed by atoms with van der Waals surface area (Å²) in [6.07, 6.45) is 1.15. The minimum Gasteiger partial charge on any atom is -0.362 e. The summed E-state index contributed by atoms with van der Waals surface area (Å²) in [5.74, 6) is 0. The average Bonchev–Trinajstić information content (AvgIpc) is 2.19. The molecule has 0 aliphatic carbocycles. The van der Waals surface area contributed by atoms with Crippen LogP contribution < -0.4 is 5.32 Å². The maximum atomic E-state index is 5.41. The van der Waals surface area contributed by atoms with Crippen LogP contribution in [0.4, 0.5) is 0 Å². The van der Waals surface area contributed by atoms with Gasteiger partial charge in [0.25, 0.3) is 0 Å². The molecule has 0 radical (unpaired) electrons. The molecule has 0 saturated carbocycles. The normalized spacial score (nSPS) is 10.2. The molecule has 0 atom stereocenters. The van der Waals surface area contributed by atoms with Crippen LogP contribution in [-0.4, -0.2) is 13.3 Å². The Morgan fingerprint density at radius 1 is 1.23 bits per heavy atom. The van der Waals surface area contributed by atoms with Gasteiger partial charge in [0.1, 0.15) is 0 Å². The van der Waals surface area contributed by atoms with Crippen LogP contribution in [0.1, 0.15) is 18.9 Å². The Balaban J connectivity index is 2.07. The molecular formula is C11H17NO. The molecular weight excluding hydrogens is 162 g/mol. The molecule has 2 heteroatoms. The summed E-state index contributed by atoms with van der Waals surface area (Å²) in [7, 11) is 0. The van der Waals surface area contributed by atoms with Crippen LogP contribution in [0, 0.1) is 0 Å². The summed E-state index contributed by atoms with van der Waals surface area (Å²) < 4.78 is 5.41. The number of nitrogens with one attached hydrogen (secondary N) is 1. The predicted octanol–water partition coefficient (Wildman–Crippen LogP) is 2.16. The molecule has 1 N–H and O–H groups in total. The van der Waals surface area contributed by atoms with E-state index in [0.717, 1.165) is 13.0 Å². The summed E-state index contributed by atoms with van der Waals surface area (Å²) in [6, 6.07) is 10.2. The molecule has 0 bridgehead atoms. The third kappa shape index (κ3) is 4.65. The van der Waals surface area contributed by atoms with Gasteiger partial charge in [0, 0.05) is 0 Å². The fourth-order valence-corrected chi connectivity index (χ4v) is 1.06. The van der Waals surface area contributed by atoms with Crippen molar-refractivity contribution >= 4 is 0 Å². The summed E-state index contributed by atoms with van der Waals surface area (Å²) >= 11 is 0. The standard InChI is InChI=1S/C11H17NO/c1-2-8-12-10-13-9-11-6-4-3-5-7-11/h3-7,12H,2,8-10H2,1H3. The Bertz CT molecular complexity index is 211. The number of benzene rings is 1. The predicted molar refractivity (Wildman–Crippen MR) is 54.4 cm³/mol. The van der Waals surface area contributed by atoms with Crippen molar-refractivity contribution in [1.29, 1.82) is 0 Å². The smallest absolute Gasteiger partial charge is 0.0969 e. The largest absolute Gasteiger partial charge is 0.362 e. The first-order valence-corrected chi connectivity index (χ1v) is 4.76.